The van der Waals surface area contributed by atoms with Crippen LogP contribution in [-0.2, 0) is 6.61 Å². The number of aromatic nitrogens is 3. The van der Waals surface area contributed by atoms with Gasteiger partial charge in [-0.25, -0.2) is 4.98 Å². The molecule has 3 aromatic rings. The van der Waals surface area contributed by atoms with Crippen LogP contribution in [0.5, 0.6) is 5.75 Å². The molecular weight excluding hydrogens is 492 g/mol. The first kappa shape index (κ1) is 26.5. The first-order valence-corrected chi connectivity index (χ1v) is 13.1. The van der Waals surface area contributed by atoms with Crippen LogP contribution in [0.2, 0.25) is 0 Å². The minimum Gasteiger partial charge on any atom is -0.489 e. The average Bonchev–Trinajstić information content (AvgIpc) is 2.91. The first-order valence-electron chi connectivity index (χ1n) is 13.1. The lowest BCUT2D eigenvalue weighted by atomic mass is 9.85. The van der Waals surface area contributed by atoms with Gasteiger partial charge in [0.15, 0.2) is 0 Å². The Bertz CT molecular complexity index is 1430. The van der Waals surface area contributed by atoms with Crippen LogP contribution >= 0.6 is 0 Å². The zero-order valence-corrected chi connectivity index (χ0v) is 22.8. The van der Waals surface area contributed by atoms with E-state index in [2.05, 4.69) is 31.1 Å². The van der Waals surface area contributed by atoms with E-state index in [9.17, 15) is 10.4 Å². The second kappa shape index (κ2) is 10.2. The van der Waals surface area contributed by atoms with Crippen LogP contribution in [0.4, 0.5) is 11.5 Å². The summed E-state index contributed by atoms with van der Waals surface area (Å²) in [5.41, 5.74) is 10.3. The number of aliphatic hydroxyl groups is 1. The van der Waals surface area contributed by atoms with Crippen molar-refractivity contribution in [2.75, 3.05) is 30.3 Å². The highest BCUT2D eigenvalue weighted by molar-refractivity contribution is 6.14. The van der Waals surface area contributed by atoms with Gasteiger partial charge in [0, 0.05) is 60.3 Å². The molecule has 202 valence electrons. The molecule has 3 aliphatic heterocycles. The molecule has 0 spiro atoms. The molecule has 10 nitrogen and oxygen atoms in total. The normalized spacial score (nSPS) is 18.8. The lowest BCUT2D eigenvalue weighted by Gasteiger charge is -2.58. The molecule has 1 aromatic carbocycles. The van der Waals surface area contributed by atoms with Gasteiger partial charge in [0.05, 0.1) is 28.8 Å². The molecule has 2 aromatic heterocycles. The molecule has 0 amide bonds. The number of aryl methyl sites for hydroxylation is 2. The van der Waals surface area contributed by atoms with Crippen LogP contribution in [0.3, 0.4) is 0 Å². The van der Waals surface area contributed by atoms with E-state index in [0.29, 0.717) is 59.2 Å². The highest BCUT2D eigenvalue weighted by atomic mass is 16.5. The van der Waals surface area contributed by atoms with Crippen LogP contribution in [-0.4, -0.2) is 68.2 Å². The van der Waals surface area contributed by atoms with Gasteiger partial charge in [0.25, 0.3) is 0 Å². The number of benzene rings is 1. The lowest BCUT2D eigenvalue weighted by Crippen LogP contribution is -2.70. The number of hydrogen-bond donors (Lipinski definition) is 3. The quantitative estimate of drug-likeness (QED) is 0.297. The largest absolute Gasteiger partial charge is 0.489 e. The molecular formula is C29H34N8O2. The molecule has 2 atom stereocenters. The number of anilines is 2. The van der Waals surface area contributed by atoms with Gasteiger partial charge in [-0.05, 0) is 63.9 Å². The summed E-state index contributed by atoms with van der Waals surface area (Å²) in [6.45, 7) is 9.98. The molecule has 5 heterocycles. The van der Waals surface area contributed by atoms with Crippen molar-refractivity contribution >= 4 is 17.2 Å². The zero-order valence-electron chi connectivity index (χ0n) is 22.8. The number of piperidine rings is 1. The maximum absolute atomic E-state index is 10.2. The number of nitriles is 1. The summed E-state index contributed by atoms with van der Waals surface area (Å²) in [4.78, 5) is 9.12. The molecule has 4 N–H and O–H groups in total. The maximum atomic E-state index is 10.2. The van der Waals surface area contributed by atoms with Crippen LogP contribution in [0, 0.1) is 30.6 Å². The number of hydrogen-bond acceptors (Lipinski definition) is 10. The molecule has 3 aliphatic rings. The van der Waals surface area contributed by atoms with Crippen molar-refractivity contribution < 1.29 is 9.84 Å². The van der Waals surface area contributed by atoms with E-state index in [4.69, 9.17) is 15.9 Å². The van der Waals surface area contributed by atoms with Gasteiger partial charge in [0.1, 0.15) is 24.2 Å². The average molecular weight is 527 g/mol. The Morgan fingerprint density at radius 1 is 1.23 bits per heavy atom. The van der Waals surface area contributed by atoms with Crippen LogP contribution < -0.4 is 15.4 Å². The van der Waals surface area contributed by atoms with E-state index in [1.165, 1.54) is 0 Å². The topological polar surface area (TPSA) is 148 Å². The second-order valence-electron chi connectivity index (χ2n) is 11.1. The lowest BCUT2D eigenvalue weighted by molar-refractivity contribution is -0.0618. The van der Waals surface area contributed by atoms with E-state index in [0.717, 1.165) is 36.3 Å². The molecule has 3 saturated heterocycles. The number of nitrogens with zero attached hydrogens (tertiary/aromatic N) is 6. The molecule has 2 unspecified atom stereocenters. The van der Waals surface area contributed by atoms with Crippen molar-refractivity contribution in [1.29, 1.82) is 10.7 Å². The number of pyridine rings is 1. The number of fused-ring (bicyclic) bond motifs is 2. The Morgan fingerprint density at radius 2 is 1.97 bits per heavy atom. The van der Waals surface area contributed by atoms with Crippen LogP contribution in [0.1, 0.15) is 53.8 Å². The second-order valence-corrected chi connectivity index (χ2v) is 11.1. The highest BCUT2D eigenvalue weighted by Gasteiger charge is 2.46. The van der Waals surface area contributed by atoms with Crippen molar-refractivity contribution in [3.05, 3.63) is 70.2 Å². The molecule has 39 heavy (non-hydrogen) atoms. The van der Waals surface area contributed by atoms with Crippen molar-refractivity contribution in [1.82, 2.24) is 20.1 Å². The van der Waals surface area contributed by atoms with Gasteiger partial charge in [0.2, 0.25) is 0 Å². The van der Waals surface area contributed by atoms with Crippen molar-refractivity contribution in [3.63, 3.8) is 0 Å². The fourth-order valence-corrected chi connectivity index (χ4v) is 5.49. The SMILES string of the molecule is Cc1cnnc(C)c1COc1ccc(N)c(C(=N)c2cnc(N3CC4CC(C3)N4CC(C)(C)O)c(C#N)c2)c1. The standard InChI is InChI=1S/C29H34N8O2/c1-17-11-34-35-18(2)25(17)15-39-23-5-6-26(31)24(9-23)27(32)20-7-19(10-30)28(33-12-20)36-13-21-8-22(14-36)37(21)16-29(3,4)38/h5-7,9,11-12,21-22,32,38H,8,13-16,31H2,1-4H3. The van der Waals surface area contributed by atoms with E-state index in [1.807, 2.05) is 27.7 Å². The molecule has 2 bridgehead atoms. The van der Waals surface area contributed by atoms with Gasteiger partial charge < -0.3 is 20.5 Å². The number of nitrogens with two attached hydrogens (primary N) is 1. The fraction of sp³-hybridized carbons (Fsp3) is 0.414. The number of nitrogen functional groups attached to an aromatic ring is 1. The molecule has 0 aliphatic carbocycles. The Morgan fingerprint density at radius 3 is 2.64 bits per heavy atom. The van der Waals surface area contributed by atoms with Gasteiger partial charge in [-0.1, -0.05) is 0 Å². The Labute approximate surface area is 228 Å². The minimum absolute atomic E-state index is 0.171. The Balaban J connectivity index is 1.32. The summed E-state index contributed by atoms with van der Waals surface area (Å²) in [6.07, 6.45) is 4.43. The summed E-state index contributed by atoms with van der Waals surface area (Å²) >= 11 is 0. The van der Waals surface area contributed by atoms with E-state index < -0.39 is 5.60 Å². The molecule has 6 rings (SSSR count). The number of piperazine rings is 1. The smallest absolute Gasteiger partial charge is 0.146 e. The predicted molar refractivity (Wildman–Crippen MR) is 149 cm³/mol. The van der Waals surface area contributed by atoms with Gasteiger partial charge in [-0.3, -0.25) is 10.3 Å². The predicted octanol–water partition coefficient (Wildman–Crippen LogP) is 2.97. The summed E-state index contributed by atoms with van der Waals surface area (Å²) in [7, 11) is 0. The molecule has 10 heteroatoms. The molecule has 0 radical (unpaired) electrons. The third kappa shape index (κ3) is 5.41. The third-order valence-corrected chi connectivity index (χ3v) is 7.54. The van der Waals surface area contributed by atoms with Crippen molar-refractivity contribution in [2.45, 2.75) is 58.4 Å². The highest BCUT2D eigenvalue weighted by Crippen LogP contribution is 2.36. The first-order chi connectivity index (χ1) is 18.5. The van der Waals surface area contributed by atoms with E-state index in [-0.39, 0.29) is 5.71 Å². The molecule has 3 fully saturated rings. The Kier molecular flexibility index (Phi) is 6.97. The monoisotopic (exact) mass is 526 g/mol. The number of ether oxygens (including phenoxy) is 1. The van der Waals surface area contributed by atoms with E-state index >= 15 is 0 Å². The summed E-state index contributed by atoms with van der Waals surface area (Å²) in [5.74, 6) is 1.21. The van der Waals surface area contributed by atoms with Crippen molar-refractivity contribution in [3.8, 4) is 11.8 Å². The number of nitrogens with one attached hydrogen (secondary N) is 1. The van der Waals surface area contributed by atoms with Gasteiger partial charge in [-0.2, -0.15) is 15.5 Å². The third-order valence-electron chi connectivity index (χ3n) is 7.54. The van der Waals surface area contributed by atoms with Crippen molar-refractivity contribution in [2.24, 2.45) is 0 Å². The summed E-state index contributed by atoms with van der Waals surface area (Å²) in [5, 5.41) is 37.1. The van der Waals surface area contributed by atoms with Gasteiger partial charge in [-0.15, -0.1) is 0 Å². The summed E-state index contributed by atoms with van der Waals surface area (Å²) in [6, 6.07) is 9.88. The van der Waals surface area contributed by atoms with Crippen LogP contribution in [0.15, 0.2) is 36.7 Å². The zero-order chi connectivity index (χ0) is 27.9. The van der Waals surface area contributed by atoms with Gasteiger partial charge >= 0.3 is 0 Å². The number of rotatable bonds is 8. The van der Waals surface area contributed by atoms with E-state index in [1.54, 1.807) is 36.7 Å². The van der Waals surface area contributed by atoms with Crippen LogP contribution in [0.25, 0.3) is 0 Å². The molecule has 0 saturated carbocycles. The fourth-order valence-electron chi connectivity index (χ4n) is 5.49. The maximum Gasteiger partial charge on any atom is 0.146 e. The summed E-state index contributed by atoms with van der Waals surface area (Å²) < 4.78 is 6.02. The minimum atomic E-state index is -0.741. The Hall–Kier alpha value is -4.07.